The number of nitrogens with one attached hydrogen (secondary N) is 1. The van der Waals surface area contributed by atoms with Crippen LogP contribution in [-0.4, -0.2) is 37.2 Å². The van der Waals surface area contributed by atoms with Gasteiger partial charge in [0.15, 0.2) is 0 Å². The van der Waals surface area contributed by atoms with Crippen LogP contribution in [0.15, 0.2) is 16.7 Å². The average molecular weight is 280 g/mol. The van der Waals surface area contributed by atoms with Crippen molar-refractivity contribution in [3.8, 4) is 0 Å². The van der Waals surface area contributed by atoms with E-state index in [1.807, 2.05) is 6.07 Å². The van der Waals surface area contributed by atoms with Crippen LogP contribution in [0.5, 0.6) is 0 Å². The lowest BCUT2D eigenvalue weighted by molar-refractivity contribution is 0.100. The second kappa shape index (κ2) is 7.81. The molecule has 1 unspecified atom stereocenters. The molecule has 1 fully saturated rings. The summed E-state index contributed by atoms with van der Waals surface area (Å²) in [5.41, 5.74) is 1.16. The summed E-state index contributed by atoms with van der Waals surface area (Å²) in [5, 5.41) is 3.37. The minimum Gasteiger partial charge on any atom is -0.468 e. The van der Waals surface area contributed by atoms with Crippen molar-refractivity contribution in [3.63, 3.8) is 0 Å². The van der Waals surface area contributed by atoms with E-state index in [-0.39, 0.29) is 0 Å². The summed E-state index contributed by atoms with van der Waals surface area (Å²) >= 11 is 0. The molecule has 1 aromatic heterocycles. The molecular formula is C16H28N2O2. The monoisotopic (exact) mass is 280 g/mol. The van der Waals surface area contributed by atoms with Gasteiger partial charge in [0.25, 0.3) is 0 Å². The Balaban J connectivity index is 1.67. The molecule has 1 aromatic rings. The molecule has 0 amide bonds. The van der Waals surface area contributed by atoms with E-state index >= 15 is 0 Å². The van der Waals surface area contributed by atoms with E-state index in [1.165, 1.54) is 19.4 Å². The van der Waals surface area contributed by atoms with Crippen molar-refractivity contribution < 1.29 is 9.15 Å². The molecule has 1 atom stereocenters. The number of likely N-dealkylation sites (tertiary alicyclic amines) is 1. The number of hydrogen-bond acceptors (Lipinski definition) is 4. The zero-order valence-electron chi connectivity index (χ0n) is 13.0. The van der Waals surface area contributed by atoms with Gasteiger partial charge in [-0.05, 0) is 38.9 Å². The van der Waals surface area contributed by atoms with E-state index in [0.29, 0.717) is 18.7 Å². The highest BCUT2D eigenvalue weighted by Crippen LogP contribution is 2.18. The highest BCUT2D eigenvalue weighted by molar-refractivity contribution is 5.15. The van der Waals surface area contributed by atoms with Gasteiger partial charge >= 0.3 is 0 Å². The highest BCUT2D eigenvalue weighted by Gasteiger charge is 2.20. The molecule has 4 nitrogen and oxygen atoms in total. The normalized spacial score (nSPS) is 20.1. The topological polar surface area (TPSA) is 37.6 Å². The summed E-state index contributed by atoms with van der Waals surface area (Å²) in [6.45, 7) is 7.76. The highest BCUT2D eigenvalue weighted by atomic mass is 16.5. The zero-order valence-corrected chi connectivity index (χ0v) is 13.0. The fourth-order valence-corrected chi connectivity index (χ4v) is 2.69. The molecule has 0 saturated carbocycles. The number of furan rings is 1. The molecule has 4 heteroatoms. The molecule has 1 aliphatic heterocycles. The number of nitrogens with zero attached hydrogens (tertiary/aromatic N) is 1. The first-order valence-electron chi connectivity index (χ1n) is 7.73. The van der Waals surface area contributed by atoms with Gasteiger partial charge in [-0.2, -0.15) is 0 Å². The zero-order chi connectivity index (χ0) is 14.4. The van der Waals surface area contributed by atoms with Crippen molar-refractivity contribution in [2.75, 3.05) is 20.2 Å². The van der Waals surface area contributed by atoms with E-state index in [2.05, 4.69) is 31.1 Å². The van der Waals surface area contributed by atoms with Crippen LogP contribution in [-0.2, 0) is 17.9 Å². The first-order valence-corrected chi connectivity index (χ1v) is 7.73. The maximum atomic E-state index is 5.82. The van der Waals surface area contributed by atoms with Crippen molar-refractivity contribution in [1.29, 1.82) is 0 Å². The average Bonchev–Trinajstić information content (AvgIpc) is 3.01. The van der Waals surface area contributed by atoms with E-state index in [9.17, 15) is 0 Å². The van der Waals surface area contributed by atoms with E-state index < -0.39 is 0 Å². The van der Waals surface area contributed by atoms with Gasteiger partial charge in [-0.25, -0.2) is 0 Å². The Kier molecular flexibility index (Phi) is 6.07. The SMILES string of the molecule is CC(C)NCc1occc1COCCC1CCCN1C. The van der Waals surface area contributed by atoms with Gasteiger partial charge in [-0.15, -0.1) is 0 Å². The molecule has 2 rings (SSSR count). The third-order valence-electron chi connectivity index (χ3n) is 4.03. The predicted molar refractivity (Wildman–Crippen MR) is 80.6 cm³/mol. The van der Waals surface area contributed by atoms with Gasteiger partial charge in [0.05, 0.1) is 19.4 Å². The van der Waals surface area contributed by atoms with E-state index in [1.54, 1.807) is 6.26 Å². The van der Waals surface area contributed by atoms with Crippen molar-refractivity contribution in [3.05, 3.63) is 23.7 Å². The summed E-state index contributed by atoms with van der Waals surface area (Å²) in [6.07, 6.45) is 5.53. The molecule has 114 valence electrons. The van der Waals surface area contributed by atoms with Crippen molar-refractivity contribution in [2.45, 2.75) is 58.3 Å². The second-order valence-corrected chi connectivity index (χ2v) is 6.02. The van der Waals surface area contributed by atoms with Crippen LogP contribution >= 0.6 is 0 Å². The molecule has 0 aliphatic carbocycles. The van der Waals surface area contributed by atoms with Gasteiger partial charge in [0.1, 0.15) is 5.76 Å². The molecule has 1 N–H and O–H groups in total. The van der Waals surface area contributed by atoms with Crippen molar-refractivity contribution >= 4 is 0 Å². The maximum Gasteiger partial charge on any atom is 0.123 e. The molecule has 0 radical (unpaired) electrons. The Labute approximate surface area is 122 Å². The predicted octanol–water partition coefficient (Wildman–Crippen LogP) is 2.78. The number of rotatable bonds is 8. The van der Waals surface area contributed by atoms with Crippen molar-refractivity contribution in [2.24, 2.45) is 0 Å². The minimum atomic E-state index is 0.465. The second-order valence-electron chi connectivity index (χ2n) is 6.02. The van der Waals surface area contributed by atoms with Crippen LogP contribution in [0, 0.1) is 0 Å². The van der Waals surface area contributed by atoms with Crippen molar-refractivity contribution in [1.82, 2.24) is 10.2 Å². The largest absolute Gasteiger partial charge is 0.468 e. The van der Waals surface area contributed by atoms with Gasteiger partial charge in [-0.3, -0.25) is 0 Å². The summed E-state index contributed by atoms with van der Waals surface area (Å²) in [4.78, 5) is 2.44. The summed E-state index contributed by atoms with van der Waals surface area (Å²) < 4.78 is 11.3. The van der Waals surface area contributed by atoms with Gasteiger partial charge in [0, 0.05) is 24.3 Å². The minimum absolute atomic E-state index is 0.465. The fraction of sp³-hybridized carbons (Fsp3) is 0.750. The van der Waals surface area contributed by atoms with Crippen LogP contribution in [0.3, 0.4) is 0 Å². The number of ether oxygens (including phenoxy) is 1. The van der Waals surface area contributed by atoms with Gasteiger partial charge in [-0.1, -0.05) is 13.8 Å². The van der Waals surface area contributed by atoms with Crippen LogP contribution in [0.1, 0.15) is 44.4 Å². The molecule has 2 heterocycles. The Morgan fingerprint density at radius 2 is 2.35 bits per heavy atom. The van der Waals surface area contributed by atoms with Crippen LogP contribution < -0.4 is 5.32 Å². The third kappa shape index (κ3) is 4.62. The fourth-order valence-electron chi connectivity index (χ4n) is 2.69. The first kappa shape index (κ1) is 15.5. The lowest BCUT2D eigenvalue weighted by Crippen LogP contribution is -2.26. The Morgan fingerprint density at radius 1 is 1.50 bits per heavy atom. The molecule has 0 bridgehead atoms. The Hall–Kier alpha value is -0.840. The van der Waals surface area contributed by atoms with Crippen LogP contribution in [0.25, 0.3) is 0 Å². The first-order chi connectivity index (χ1) is 9.66. The Bertz CT molecular complexity index is 390. The molecule has 1 saturated heterocycles. The maximum absolute atomic E-state index is 5.82. The molecule has 0 spiro atoms. The third-order valence-corrected chi connectivity index (χ3v) is 4.03. The molecular weight excluding hydrogens is 252 g/mol. The quantitative estimate of drug-likeness (QED) is 0.743. The lowest BCUT2D eigenvalue weighted by Gasteiger charge is -2.18. The lowest BCUT2D eigenvalue weighted by atomic mass is 10.1. The Morgan fingerprint density at radius 3 is 3.05 bits per heavy atom. The van der Waals surface area contributed by atoms with E-state index in [4.69, 9.17) is 9.15 Å². The summed E-state index contributed by atoms with van der Waals surface area (Å²) in [7, 11) is 2.21. The summed E-state index contributed by atoms with van der Waals surface area (Å²) in [6, 6.07) is 3.19. The van der Waals surface area contributed by atoms with Crippen LogP contribution in [0.2, 0.25) is 0 Å². The molecule has 20 heavy (non-hydrogen) atoms. The van der Waals surface area contributed by atoms with Crippen LogP contribution in [0.4, 0.5) is 0 Å². The number of hydrogen-bond donors (Lipinski definition) is 1. The van der Waals surface area contributed by atoms with E-state index in [0.717, 1.165) is 30.9 Å². The molecule has 0 aromatic carbocycles. The van der Waals surface area contributed by atoms with Gasteiger partial charge < -0.3 is 19.4 Å². The molecule has 1 aliphatic rings. The van der Waals surface area contributed by atoms with Gasteiger partial charge in [0.2, 0.25) is 0 Å². The smallest absolute Gasteiger partial charge is 0.123 e. The standard InChI is InChI=1S/C16H28N2O2/c1-13(2)17-11-16-14(6-10-20-16)12-19-9-7-15-5-4-8-18(15)3/h6,10,13,15,17H,4-5,7-9,11-12H2,1-3H3. The summed E-state index contributed by atoms with van der Waals surface area (Å²) in [5.74, 6) is 0.997.